The van der Waals surface area contributed by atoms with E-state index >= 15 is 0 Å². The minimum Gasteiger partial charge on any atom is -0.299 e. The summed E-state index contributed by atoms with van der Waals surface area (Å²) in [5, 5.41) is 0.753. The molecule has 0 spiro atoms. The molecule has 0 aliphatic rings. The minimum absolute atomic E-state index is 0.295. The van der Waals surface area contributed by atoms with E-state index in [0.29, 0.717) is 6.04 Å². The number of rotatable bonds is 5. The lowest BCUT2D eigenvalue weighted by atomic mass is 10.2. The molecule has 0 aromatic heterocycles. The zero-order chi connectivity index (χ0) is 15.9. The van der Waals surface area contributed by atoms with E-state index in [1.807, 2.05) is 49.5 Å². The Morgan fingerprint density at radius 2 is 1.77 bits per heavy atom. The summed E-state index contributed by atoms with van der Waals surface area (Å²) in [6.07, 6.45) is 1.02. The van der Waals surface area contributed by atoms with Gasteiger partial charge in [0.25, 0.3) is 0 Å². The van der Waals surface area contributed by atoms with Crippen molar-refractivity contribution in [2.24, 2.45) is 4.99 Å². The highest BCUT2D eigenvalue weighted by molar-refractivity contribution is 7.97. The van der Waals surface area contributed by atoms with Crippen LogP contribution in [0, 0.1) is 0 Å². The van der Waals surface area contributed by atoms with Crippen molar-refractivity contribution in [1.29, 1.82) is 0 Å². The normalized spacial score (nSPS) is 13.0. The molecular weight excluding hydrogens is 312 g/mol. The molecule has 1 unspecified atom stereocenters. The van der Waals surface area contributed by atoms with Crippen LogP contribution in [-0.2, 0) is 0 Å². The first-order valence-electron chi connectivity index (χ1n) is 7.40. The summed E-state index contributed by atoms with van der Waals surface area (Å²) < 4.78 is 2.12. The molecule has 0 radical (unpaired) electrons. The Balaban J connectivity index is 2.24. The third-order valence-electron chi connectivity index (χ3n) is 3.32. The average molecular weight is 333 g/mol. The second-order valence-electron chi connectivity index (χ2n) is 5.12. The van der Waals surface area contributed by atoms with E-state index in [1.54, 1.807) is 11.9 Å². The molecule has 0 saturated carbocycles. The molecule has 0 aliphatic heterocycles. The predicted molar refractivity (Wildman–Crippen MR) is 97.8 cm³/mol. The lowest BCUT2D eigenvalue weighted by Crippen LogP contribution is -2.22. The van der Waals surface area contributed by atoms with Crippen LogP contribution in [0.1, 0.15) is 25.8 Å². The summed E-state index contributed by atoms with van der Waals surface area (Å²) in [5.41, 5.74) is 1.13. The fraction of sp³-hybridized carbons (Fsp3) is 0.278. The molecule has 4 heteroatoms. The van der Waals surface area contributed by atoms with E-state index in [-0.39, 0.29) is 0 Å². The number of nitrogens with zero attached hydrogens (tertiary/aromatic N) is 2. The summed E-state index contributed by atoms with van der Waals surface area (Å²) in [5.74, 6) is 0.995. The molecule has 2 nitrogen and oxygen atoms in total. The van der Waals surface area contributed by atoms with Crippen LogP contribution < -0.4 is 0 Å². The Morgan fingerprint density at radius 3 is 2.36 bits per heavy atom. The summed E-state index contributed by atoms with van der Waals surface area (Å²) in [6, 6.07) is 18.5. The van der Waals surface area contributed by atoms with Gasteiger partial charge in [-0.25, -0.2) is 0 Å². The second-order valence-corrected chi connectivity index (χ2v) is 6.76. The Morgan fingerprint density at radius 1 is 1.14 bits per heavy atom. The standard InChI is InChI=1S/C18H21ClN2S/c1-4-14(2)20-18(15-8-6-5-7-9-15)21(3)22-17-12-10-16(19)11-13-17/h5-14H,4H2,1-3H3. The molecular formula is C18H21ClN2S. The Hall–Kier alpha value is -1.45. The van der Waals surface area contributed by atoms with Crippen LogP contribution in [0.15, 0.2) is 64.5 Å². The number of aliphatic imine (C=N–C) groups is 1. The molecule has 0 aliphatic carbocycles. The first-order chi connectivity index (χ1) is 10.6. The van der Waals surface area contributed by atoms with Gasteiger partial charge in [0.2, 0.25) is 0 Å². The number of hydrogen-bond donors (Lipinski definition) is 0. The van der Waals surface area contributed by atoms with Crippen LogP contribution in [0.4, 0.5) is 0 Å². The average Bonchev–Trinajstić information content (AvgIpc) is 2.55. The van der Waals surface area contributed by atoms with Crippen molar-refractivity contribution < 1.29 is 0 Å². The lowest BCUT2D eigenvalue weighted by molar-refractivity contribution is 0.697. The second kappa shape index (κ2) is 8.25. The molecule has 0 bridgehead atoms. The van der Waals surface area contributed by atoms with E-state index in [0.717, 1.165) is 27.7 Å². The predicted octanol–water partition coefficient (Wildman–Crippen LogP) is 5.52. The number of halogens is 1. The Bertz CT molecular complexity index is 611. The molecule has 22 heavy (non-hydrogen) atoms. The van der Waals surface area contributed by atoms with Crippen LogP contribution >= 0.6 is 23.5 Å². The summed E-state index contributed by atoms with van der Waals surface area (Å²) in [7, 11) is 2.05. The highest BCUT2D eigenvalue weighted by Crippen LogP contribution is 2.25. The summed E-state index contributed by atoms with van der Waals surface area (Å²) in [6.45, 7) is 4.30. The first-order valence-corrected chi connectivity index (χ1v) is 8.55. The minimum atomic E-state index is 0.295. The van der Waals surface area contributed by atoms with Gasteiger partial charge in [0.15, 0.2) is 0 Å². The van der Waals surface area contributed by atoms with Crippen molar-refractivity contribution in [2.45, 2.75) is 31.2 Å². The molecule has 0 N–H and O–H groups in total. The molecule has 0 heterocycles. The molecule has 0 fully saturated rings. The van der Waals surface area contributed by atoms with Gasteiger partial charge in [-0.1, -0.05) is 48.9 Å². The van der Waals surface area contributed by atoms with Crippen molar-refractivity contribution in [2.75, 3.05) is 7.05 Å². The van der Waals surface area contributed by atoms with Gasteiger partial charge in [0, 0.05) is 28.6 Å². The topological polar surface area (TPSA) is 15.6 Å². The largest absolute Gasteiger partial charge is 0.299 e. The lowest BCUT2D eigenvalue weighted by Gasteiger charge is -2.21. The molecule has 2 rings (SSSR count). The van der Waals surface area contributed by atoms with Gasteiger partial charge in [-0.2, -0.15) is 0 Å². The third-order valence-corrected chi connectivity index (χ3v) is 4.50. The van der Waals surface area contributed by atoms with E-state index < -0.39 is 0 Å². The van der Waals surface area contributed by atoms with E-state index in [9.17, 15) is 0 Å². The van der Waals surface area contributed by atoms with Crippen molar-refractivity contribution in [3.63, 3.8) is 0 Å². The molecule has 0 amide bonds. The van der Waals surface area contributed by atoms with Gasteiger partial charge in [-0.3, -0.25) is 9.30 Å². The summed E-state index contributed by atoms with van der Waals surface area (Å²) >= 11 is 7.60. The SMILES string of the molecule is CCC(C)N=C(c1ccccc1)N(C)Sc1ccc(Cl)cc1. The van der Waals surface area contributed by atoms with Crippen LogP contribution in [0.2, 0.25) is 5.02 Å². The molecule has 2 aromatic carbocycles. The number of benzene rings is 2. The van der Waals surface area contributed by atoms with E-state index in [1.165, 1.54) is 0 Å². The van der Waals surface area contributed by atoms with Crippen molar-refractivity contribution in [3.05, 3.63) is 65.2 Å². The maximum atomic E-state index is 5.95. The summed E-state index contributed by atoms with van der Waals surface area (Å²) in [4.78, 5) is 6.01. The van der Waals surface area contributed by atoms with Gasteiger partial charge in [-0.15, -0.1) is 0 Å². The molecule has 1 atom stereocenters. The first kappa shape index (κ1) is 16.9. The quantitative estimate of drug-likeness (QED) is 0.407. The van der Waals surface area contributed by atoms with E-state index in [4.69, 9.17) is 16.6 Å². The van der Waals surface area contributed by atoms with Crippen molar-refractivity contribution in [1.82, 2.24) is 4.31 Å². The monoisotopic (exact) mass is 332 g/mol. The Kier molecular flexibility index (Phi) is 6.34. The smallest absolute Gasteiger partial charge is 0.141 e. The van der Waals surface area contributed by atoms with Gasteiger partial charge in [0.1, 0.15) is 5.84 Å². The molecule has 0 saturated heterocycles. The maximum absolute atomic E-state index is 5.95. The van der Waals surface area contributed by atoms with Gasteiger partial charge in [-0.05, 0) is 49.6 Å². The fourth-order valence-electron chi connectivity index (χ4n) is 1.92. The fourth-order valence-corrected chi connectivity index (χ4v) is 2.86. The van der Waals surface area contributed by atoms with Crippen molar-refractivity contribution >= 4 is 29.4 Å². The van der Waals surface area contributed by atoms with Crippen LogP contribution in [0.3, 0.4) is 0 Å². The zero-order valence-electron chi connectivity index (χ0n) is 13.2. The van der Waals surface area contributed by atoms with Gasteiger partial charge in [0.05, 0.1) is 0 Å². The van der Waals surface area contributed by atoms with Crippen LogP contribution in [0.5, 0.6) is 0 Å². The molecule has 116 valence electrons. The number of amidine groups is 1. The third kappa shape index (κ3) is 4.79. The van der Waals surface area contributed by atoms with Gasteiger partial charge >= 0.3 is 0 Å². The van der Waals surface area contributed by atoms with Crippen molar-refractivity contribution in [3.8, 4) is 0 Å². The zero-order valence-corrected chi connectivity index (χ0v) is 14.7. The highest BCUT2D eigenvalue weighted by atomic mass is 35.5. The maximum Gasteiger partial charge on any atom is 0.141 e. The van der Waals surface area contributed by atoms with Crippen LogP contribution in [0.25, 0.3) is 0 Å². The van der Waals surface area contributed by atoms with Crippen LogP contribution in [-0.4, -0.2) is 23.2 Å². The number of hydrogen-bond acceptors (Lipinski definition) is 2. The Labute approximate surface area is 142 Å². The molecule has 2 aromatic rings. The van der Waals surface area contributed by atoms with Gasteiger partial charge < -0.3 is 0 Å². The van der Waals surface area contributed by atoms with E-state index in [2.05, 4.69) is 30.3 Å². The highest BCUT2D eigenvalue weighted by Gasteiger charge is 2.12.